The van der Waals surface area contributed by atoms with Crippen LogP contribution in [0.3, 0.4) is 0 Å². The molecule has 1 aliphatic rings. The van der Waals surface area contributed by atoms with E-state index < -0.39 is 17.7 Å². The number of esters is 1. The van der Waals surface area contributed by atoms with Crippen LogP contribution in [0.2, 0.25) is 0 Å². The number of piperidine rings is 1. The number of aliphatic hydroxyl groups is 1. The Morgan fingerprint density at radius 1 is 1.48 bits per heavy atom. The van der Waals surface area contributed by atoms with Crippen LogP contribution in [-0.2, 0) is 4.74 Å². The number of ether oxygens (including phenoxy) is 1. The third kappa shape index (κ3) is 4.14. The lowest BCUT2D eigenvalue weighted by Crippen LogP contribution is -2.43. The van der Waals surface area contributed by atoms with Crippen LogP contribution in [-0.4, -0.2) is 45.8 Å². The molecular weight excluding hydrogens is 270 g/mol. The molecule has 0 spiro atoms. The van der Waals surface area contributed by atoms with Crippen molar-refractivity contribution in [2.45, 2.75) is 45.8 Å². The van der Waals surface area contributed by atoms with Gasteiger partial charge < -0.3 is 14.7 Å². The van der Waals surface area contributed by atoms with Gasteiger partial charge in [-0.25, -0.2) is 14.8 Å². The second kappa shape index (κ2) is 5.97. The normalized spacial score (nSPS) is 23.0. The van der Waals surface area contributed by atoms with Crippen molar-refractivity contribution in [1.82, 2.24) is 9.97 Å². The van der Waals surface area contributed by atoms with Gasteiger partial charge in [0, 0.05) is 19.3 Å². The van der Waals surface area contributed by atoms with E-state index in [1.54, 1.807) is 12.3 Å². The van der Waals surface area contributed by atoms with Gasteiger partial charge in [-0.2, -0.15) is 0 Å². The van der Waals surface area contributed by atoms with E-state index in [1.165, 1.54) is 0 Å². The second-order valence-corrected chi connectivity index (χ2v) is 6.52. The van der Waals surface area contributed by atoms with Crippen molar-refractivity contribution >= 4 is 11.9 Å². The van der Waals surface area contributed by atoms with Crippen LogP contribution in [0.1, 0.15) is 44.6 Å². The van der Waals surface area contributed by atoms with E-state index in [4.69, 9.17) is 4.74 Å². The van der Waals surface area contributed by atoms with Gasteiger partial charge in [0.25, 0.3) is 0 Å². The van der Waals surface area contributed by atoms with E-state index in [0.717, 1.165) is 13.0 Å². The summed E-state index contributed by atoms with van der Waals surface area (Å²) in [4.78, 5) is 22.4. The molecule has 2 atom stereocenters. The van der Waals surface area contributed by atoms with Crippen molar-refractivity contribution in [2.24, 2.45) is 5.92 Å². The van der Waals surface area contributed by atoms with Gasteiger partial charge in [0.15, 0.2) is 5.69 Å². The molecule has 1 saturated heterocycles. The first kappa shape index (κ1) is 15.7. The fraction of sp³-hybridized carbons (Fsp3) is 0.667. The lowest BCUT2D eigenvalue weighted by Gasteiger charge is -2.34. The van der Waals surface area contributed by atoms with Crippen molar-refractivity contribution in [2.75, 3.05) is 18.0 Å². The number of aromatic nitrogens is 2. The molecule has 1 fully saturated rings. The molecule has 1 aromatic heterocycles. The molecule has 0 aromatic carbocycles. The van der Waals surface area contributed by atoms with Gasteiger partial charge in [0.2, 0.25) is 5.95 Å². The van der Waals surface area contributed by atoms with E-state index in [0.29, 0.717) is 12.5 Å². The number of carbonyl (C=O) groups is 1. The molecule has 116 valence electrons. The Morgan fingerprint density at radius 2 is 2.19 bits per heavy atom. The van der Waals surface area contributed by atoms with Crippen LogP contribution in [0.25, 0.3) is 0 Å². The molecule has 2 rings (SSSR count). The average molecular weight is 293 g/mol. The highest BCUT2D eigenvalue weighted by molar-refractivity contribution is 5.87. The summed E-state index contributed by atoms with van der Waals surface area (Å²) < 4.78 is 5.31. The summed E-state index contributed by atoms with van der Waals surface area (Å²) in [5.74, 6) is 0.275. The minimum absolute atomic E-state index is 0.239. The molecular formula is C15H23N3O3. The van der Waals surface area contributed by atoms with Gasteiger partial charge in [-0.15, -0.1) is 0 Å². The first-order chi connectivity index (χ1) is 9.76. The van der Waals surface area contributed by atoms with E-state index in [1.807, 2.05) is 32.6 Å². The Labute approximate surface area is 125 Å². The number of anilines is 1. The van der Waals surface area contributed by atoms with Crippen LogP contribution >= 0.6 is 0 Å². The molecule has 1 aromatic rings. The molecule has 21 heavy (non-hydrogen) atoms. The van der Waals surface area contributed by atoms with E-state index in [2.05, 4.69) is 9.97 Å². The fourth-order valence-electron chi connectivity index (χ4n) is 2.18. The zero-order valence-corrected chi connectivity index (χ0v) is 13.0. The molecule has 2 heterocycles. The Kier molecular flexibility index (Phi) is 4.46. The van der Waals surface area contributed by atoms with Crippen molar-refractivity contribution < 1.29 is 14.6 Å². The third-order valence-corrected chi connectivity index (χ3v) is 3.45. The summed E-state index contributed by atoms with van der Waals surface area (Å²) in [6.45, 7) is 8.73. The number of nitrogens with zero attached hydrogens (tertiary/aromatic N) is 3. The van der Waals surface area contributed by atoms with Crippen molar-refractivity contribution in [1.29, 1.82) is 0 Å². The molecule has 6 nitrogen and oxygen atoms in total. The summed E-state index contributed by atoms with van der Waals surface area (Å²) in [6.07, 6.45) is 2.03. The number of rotatable bonds is 2. The van der Waals surface area contributed by atoms with Crippen LogP contribution < -0.4 is 4.90 Å². The van der Waals surface area contributed by atoms with Gasteiger partial charge in [-0.3, -0.25) is 0 Å². The van der Waals surface area contributed by atoms with Gasteiger partial charge in [-0.05, 0) is 39.2 Å². The zero-order valence-electron chi connectivity index (χ0n) is 13.0. The zero-order chi connectivity index (χ0) is 15.6. The molecule has 0 amide bonds. The highest BCUT2D eigenvalue weighted by atomic mass is 16.6. The van der Waals surface area contributed by atoms with Gasteiger partial charge in [0.1, 0.15) is 5.60 Å². The van der Waals surface area contributed by atoms with E-state index in [-0.39, 0.29) is 11.6 Å². The molecule has 1 aliphatic heterocycles. The maximum atomic E-state index is 12.0. The van der Waals surface area contributed by atoms with Crippen molar-refractivity contribution in [3.8, 4) is 0 Å². The smallest absolute Gasteiger partial charge is 0.357 e. The SMILES string of the molecule is CC1CCN(c2nccc(C(=O)OC(C)(C)C)n2)CC1O. The molecule has 0 aliphatic carbocycles. The number of β-amino-alcohol motifs (C(OH)–C–C–N with tert-alkyl or cyclic N) is 1. The van der Waals surface area contributed by atoms with Crippen LogP contribution in [0, 0.1) is 5.92 Å². The maximum absolute atomic E-state index is 12.0. The predicted molar refractivity (Wildman–Crippen MR) is 79.2 cm³/mol. The summed E-state index contributed by atoms with van der Waals surface area (Å²) in [5.41, 5.74) is -0.318. The first-order valence-corrected chi connectivity index (χ1v) is 7.25. The molecule has 1 N–H and O–H groups in total. The lowest BCUT2D eigenvalue weighted by molar-refractivity contribution is 0.00627. The Hall–Kier alpha value is -1.69. The minimum Gasteiger partial charge on any atom is -0.455 e. The monoisotopic (exact) mass is 293 g/mol. The summed E-state index contributed by atoms with van der Waals surface area (Å²) in [5, 5.41) is 9.95. The average Bonchev–Trinajstić information content (AvgIpc) is 2.40. The third-order valence-electron chi connectivity index (χ3n) is 3.45. The molecule has 6 heteroatoms. The predicted octanol–water partition coefficient (Wildman–Crippen LogP) is 1.64. The number of hydrogen-bond donors (Lipinski definition) is 1. The van der Waals surface area contributed by atoms with Gasteiger partial charge in [0.05, 0.1) is 6.10 Å². The molecule has 2 unspecified atom stereocenters. The second-order valence-electron chi connectivity index (χ2n) is 6.52. The quantitative estimate of drug-likeness (QED) is 0.835. The molecule has 0 saturated carbocycles. The maximum Gasteiger partial charge on any atom is 0.357 e. The van der Waals surface area contributed by atoms with E-state index in [9.17, 15) is 9.90 Å². The first-order valence-electron chi connectivity index (χ1n) is 7.25. The largest absolute Gasteiger partial charge is 0.455 e. The standard InChI is InChI=1S/C15H23N3O3/c1-10-6-8-18(9-12(10)19)14-16-7-5-11(17-14)13(20)21-15(2,3)4/h5,7,10,12,19H,6,8-9H2,1-4H3. The lowest BCUT2D eigenvalue weighted by atomic mass is 9.96. The van der Waals surface area contributed by atoms with Crippen LogP contribution in [0.15, 0.2) is 12.3 Å². The topological polar surface area (TPSA) is 75.6 Å². The van der Waals surface area contributed by atoms with Crippen molar-refractivity contribution in [3.63, 3.8) is 0 Å². The summed E-state index contributed by atoms with van der Waals surface area (Å²) >= 11 is 0. The molecule has 0 radical (unpaired) electrons. The van der Waals surface area contributed by atoms with Crippen LogP contribution in [0.4, 0.5) is 5.95 Å². The Bertz CT molecular complexity index is 513. The number of aliphatic hydroxyl groups excluding tert-OH is 1. The highest BCUT2D eigenvalue weighted by Gasteiger charge is 2.26. The minimum atomic E-state index is -0.557. The van der Waals surface area contributed by atoms with Crippen LogP contribution in [0.5, 0.6) is 0 Å². The van der Waals surface area contributed by atoms with Crippen molar-refractivity contribution in [3.05, 3.63) is 18.0 Å². The summed E-state index contributed by atoms with van der Waals surface area (Å²) in [6, 6.07) is 1.54. The number of carbonyl (C=O) groups excluding carboxylic acids is 1. The Morgan fingerprint density at radius 3 is 2.81 bits per heavy atom. The van der Waals surface area contributed by atoms with Gasteiger partial charge in [-0.1, -0.05) is 6.92 Å². The summed E-state index contributed by atoms with van der Waals surface area (Å²) in [7, 11) is 0. The highest BCUT2D eigenvalue weighted by Crippen LogP contribution is 2.21. The Balaban J connectivity index is 2.13. The van der Waals surface area contributed by atoms with E-state index >= 15 is 0 Å². The molecule has 0 bridgehead atoms. The fourth-order valence-corrected chi connectivity index (χ4v) is 2.18. The van der Waals surface area contributed by atoms with Gasteiger partial charge >= 0.3 is 5.97 Å². The number of hydrogen-bond acceptors (Lipinski definition) is 6.